The van der Waals surface area contributed by atoms with Crippen molar-refractivity contribution in [2.45, 2.75) is 6.04 Å². The molecule has 0 amide bonds. The fourth-order valence-electron chi connectivity index (χ4n) is 1.13. The van der Waals surface area contributed by atoms with E-state index in [2.05, 4.69) is 11.3 Å². The summed E-state index contributed by atoms with van der Waals surface area (Å²) in [6.07, 6.45) is 1.62. The summed E-state index contributed by atoms with van der Waals surface area (Å²) in [7, 11) is 1.35. The maximum Gasteiger partial charge on any atom is 0.337 e. The van der Waals surface area contributed by atoms with Gasteiger partial charge in [0.1, 0.15) is 0 Å². The largest absolute Gasteiger partial charge is 0.465 e. The molecule has 0 aliphatic rings. The summed E-state index contributed by atoms with van der Waals surface area (Å²) in [6.45, 7) is 3.59. The minimum atomic E-state index is -0.358. The molecular formula is C11H13NO2. The highest BCUT2D eigenvalue weighted by Gasteiger charge is 2.07. The molecular weight excluding hydrogens is 178 g/mol. The zero-order chi connectivity index (χ0) is 10.6. The second kappa shape index (κ2) is 4.58. The highest BCUT2D eigenvalue weighted by Crippen LogP contribution is 2.13. The number of rotatable bonds is 3. The quantitative estimate of drug-likeness (QED) is 0.584. The number of methoxy groups -OCH3 is 1. The molecule has 14 heavy (non-hydrogen) atoms. The van der Waals surface area contributed by atoms with Crippen LogP contribution in [0.2, 0.25) is 0 Å². The molecule has 1 rings (SSSR count). The molecule has 74 valence electrons. The molecule has 1 aromatic rings. The average molecular weight is 191 g/mol. The van der Waals surface area contributed by atoms with Crippen LogP contribution >= 0.6 is 0 Å². The van der Waals surface area contributed by atoms with Crippen molar-refractivity contribution in [2.24, 2.45) is 5.73 Å². The summed E-state index contributed by atoms with van der Waals surface area (Å²) < 4.78 is 4.60. The van der Waals surface area contributed by atoms with Crippen molar-refractivity contribution in [1.29, 1.82) is 0 Å². The summed E-state index contributed by atoms with van der Waals surface area (Å²) >= 11 is 0. The number of carbonyl (C=O) groups is 1. The van der Waals surface area contributed by atoms with E-state index in [9.17, 15) is 4.79 Å². The van der Waals surface area contributed by atoms with E-state index < -0.39 is 0 Å². The van der Waals surface area contributed by atoms with Gasteiger partial charge in [-0.15, -0.1) is 6.58 Å². The maximum atomic E-state index is 11.2. The smallest absolute Gasteiger partial charge is 0.337 e. The van der Waals surface area contributed by atoms with E-state index in [1.807, 2.05) is 6.07 Å². The minimum Gasteiger partial charge on any atom is -0.465 e. The zero-order valence-corrected chi connectivity index (χ0v) is 8.07. The average Bonchev–Trinajstić information content (AvgIpc) is 2.27. The van der Waals surface area contributed by atoms with E-state index in [0.29, 0.717) is 5.56 Å². The Morgan fingerprint density at radius 3 is 2.93 bits per heavy atom. The van der Waals surface area contributed by atoms with Crippen LogP contribution in [0.1, 0.15) is 22.0 Å². The van der Waals surface area contributed by atoms with Gasteiger partial charge in [0.05, 0.1) is 12.7 Å². The van der Waals surface area contributed by atoms with Crippen LogP contribution in [0.4, 0.5) is 0 Å². The second-order valence-electron chi connectivity index (χ2n) is 2.88. The molecule has 0 heterocycles. The van der Waals surface area contributed by atoms with E-state index in [-0.39, 0.29) is 12.0 Å². The molecule has 0 aliphatic carbocycles. The molecule has 2 N–H and O–H groups in total. The first-order valence-corrected chi connectivity index (χ1v) is 4.25. The fraction of sp³-hybridized carbons (Fsp3) is 0.182. The summed E-state index contributed by atoms with van der Waals surface area (Å²) in [5, 5.41) is 0. The van der Waals surface area contributed by atoms with Crippen molar-refractivity contribution in [3.8, 4) is 0 Å². The van der Waals surface area contributed by atoms with Gasteiger partial charge in [0.15, 0.2) is 0 Å². The molecule has 0 saturated carbocycles. The van der Waals surface area contributed by atoms with Crippen LogP contribution in [0, 0.1) is 0 Å². The van der Waals surface area contributed by atoms with Gasteiger partial charge in [-0.1, -0.05) is 18.2 Å². The van der Waals surface area contributed by atoms with Crippen LogP contribution in [0.5, 0.6) is 0 Å². The monoisotopic (exact) mass is 191 g/mol. The van der Waals surface area contributed by atoms with E-state index >= 15 is 0 Å². The van der Waals surface area contributed by atoms with E-state index in [0.717, 1.165) is 5.56 Å². The van der Waals surface area contributed by atoms with Gasteiger partial charge in [-0.2, -0.15) is 0 Å². The number of hydrogen-bond acceptors (Lipinski definition) is 3. The lowest BCUT2D eigenvalue weighted by Gasteiger charge is -2.07. The SMILES string of the molecule is C=C[C@@H](N)c1cccc(C(=O)OC)c1. The van der Waals surface area contributed by atoms with E-state index in [1.165, 1.54) is 7.11 Å². The Kier molecular flexibility index (Phi) is 3.42. The van der Waals surface area contributed by atoms with Crippen molar-refractivity contribution in [3.05, 3.63) is 48.0 Å². The third-order valence-electron chi connectivity index (χ3n) is 1.95. The van der Waals surface area contributed by atoms with Gasteiger partial charge in [0, 0.05) is 6.04 Å². The number of carbonyl (C=O) groups excluding carboxylic acids is 1. The van der Waals surface area contributed by atoms with Gasteiger partial charge >= 0.3 is 5.97 Å². The van der Waals surface area contributed by atoms with Gasteiger partial charge in [0.25, 0.3) is 0 Å². The van der Waals surface area contributed by atoms with Gasteiger partial charge < -0.3 is 10.5 Å². The van der Waals surface area contributed by atoms with Gasteiger partial charge in [0.2, 0.25) is 0 Å². The molecule has 0 spiro atoms. The lowest BCUT2D eigenvalue weighted by atomic mass is 10.0. The van der Waals surface area contributed by atoms with Crippen LogP contribution in [-0.4, -0.2) is 13.1 Å². The van der Waals surface area contributed by atoms with Gasteiger partial charge in [-0.3, -0.25) is 0 Å². The highest BCUT2D eigenvalue weighted by atomic mass is 16.5. The Balaban J connectivity index is 3.00. The van der Waals surface area contributed by atoms with Crippen LogP contribution in [0.15, 0.2) is 36.9 Å². The Bertz CT molecular complexity index is 347. The molecule has 0 saturated heterocycles. The van der Waals surface area contributed by atoms with Crippen molar-refractivity contribution in [1.82, 2.24) is 0 Å². The van der Waals surface area contributed by atoms with Crippen LogP contribution in [-0.2, 0) is 4.74 Å². The Labute approximate surface area is 83.2 Å². The topological polar surface area (TPSA) is 52.3 Å². The molecule has 0 aromatic heterocycles. The number of benzene rings is 1. The number of ether oxygens (including phenoxy) is 1. The number of nitrogens with two attached hydrogens (primary N) is 1. The molecule has 0 radical (unpaired) electrons. The summed E-state index contributed by atoms with van der Waals surface area (Å²) in [6, 6.07) is 6.76. The molecule has 1 aromatic carbocycles. The first-order valence-electron chi connectivity index (χ1n) is 4.25. The van der Waals surface area contributed by atoms with E-state index in [4.69, 9.17) is 5.73 Å². The highest BCUT2D eigenvalue weighted by molar-refractivity contribution is 5.89. The normalized spacial score (nSPS) is 11.9. The lowest BCUT2D eigenvalue weighted by Crippen LogP contribution is -2.08. The van der Waals surface area contributed by atoms with Crippen LogP contribution in [0.3, 0.4) is 0 Å². The predicted molar refractivity (Wildman–Crippen MR) is 54.9 cm³/mol. The lowest BCUT2D eigenvalue weighted by molar-refractivity contribution is 0.0600. The predicted octanol–water partition coefficient (Wildman–Crippen LogP) is 1.66. The molecule has 1 atom stereocenters. The van der Waals surface area contributed by atoms with Gasteiger partial charge in [-0.25, -0.2) is 4.79 Å². The Morgan fingerprint density at radius 2 is 2.36 bits per heavy atom. The van der Waals surface area contributed by atoms with Gasteiger partial charge in [-0.05, 0) is 17.7 Å². The summed E-state index contributed by atoms with van der Waals surface area (Å²) in [5.74, 6) is -0.358. The number of esters is 1. The van der Waals surface area contributed by atoms with E-state index in [1.54, 1.807) is 24.3 Å². The number of hydrogen-bond donors (Lipinski definition) is 1. The third-order valence-corrected chi connectivity index (χ3v) is 1.95. The molecule has 3 nitrogen and oxygen atoms in total. The molecule has 3 heteroatoms. The first-order chi connectivity index (χ1) is 6.69. The first kappa shape index (κ1) is 10.5. The Hall–Kier alpha value is -1.61. The van der Waals surface area contributed by atoms with Crippen LogP contribution in [0.25, 0.3) is 0 Å². The molecule has 0 aliphatic heterocycles. The summed E-state index contributed by atoms with van der Waals surface area (Å²) in [4.78, 5) is 11.2. The van der Waals surface area contributed by atoms with Crippen molar-refractivity contribution >= 4 is 5.97 Å². The third kappa shape index (κ3) is 2.20. The maximum absolute atomic E-state index is 11.2. The van der Waals surface area contributed by atoms with Crippen molar-refractivity contribution < 1.29 is 9.53 Å². The fourth-order valence-corrected chi connectivity index (χ4v) is 1.13. The summed E-state index contributed by atoms with van der Waals surface area (Å²) in [5.41, 5.74) is 7.09. The van der Waals surface area contributed by atoms with Crippen LogP contribution < -0.4 is 5.73 Å². The Morgan fingerprint density at radius 1 is 1.64 bits per heavy atom. The van der Waals surface area contributed by atoms with Crippen molar-refractivity contribution in [3.63, 3.8) is 0 Å². The van der Waals surface area contributed by atoms with Crippen molar-refractivity contribution in [2.75, 3.05) is 7.11 Å². The zero-order valence-electron chi connectivity index (χ0n) is 8.07. The second-order valence-corrected chi connectivity index (χ2v) is 2.88. The molecule has 0 bridgehead atoms. The minimum absolute atomic E-state index is 0.250. The standard InChI is InChI=1S/C11H13NO2/c1-3-10(12)8-5-4-6-9(7-8)11(13)14-2/h3-7,10H,1,12H2,2H3/t10-/m1/s1. The molecule has 0 fully saturated rings. The molecule has 0 unspecified atom stereocenters.